The van der Waals surface area contributed by atoms with Crippen LogP contribution in [0.2, 0.25) is 0 Å². The molecule has 0 unspecified atom stereocenters. The zero-order valence-corrected chi connectivity index (χ0v) is 12.9. The van der Waals surface area contributed by atoms with Gasteiger partial charge in [-0.15, -0.1) is 0 Å². The molecule has 6 heteroatoms. The molecule has 0 aliphatic carbocycles. The molecule has 1 N–H and O–H groups in total. The number of sulfonamides is 1. The van der Waals surface area contributed by atoms with Gasteiger partial charge in [0.15, 0.2) is 0 Å². The Hall–Kier alpha value is -0.620. The molecule has 108 valence electrons. The molecule has 0 amide bonds. The van der Waals surface area contributed by atoms with Gasteiger partial charge in [-0.25, -0.2) is 13.1 Å². The highest BCUT2D eigenvalue weighted by Crippen LogP contribution is 2.09. The van der Waals surface area contributed by atoms with Crippen LogP contribution < -0.4 is 4.72 Å². The molecule has 0 spiro atoms. The van der Waals surface area contributed by atoms with Crippen LogP contribution >= 0.6 is 0 Å². The van der Waals surface area contributed by atoms with Crippen molar-refractivity contribution in [2.75, 3.05) is 5.75 Å². The first-order valence-corrected chi connectivity index (χ1v) is 7.81. The Morgan fingerprint density at radius 3 is 2.11 bits per heavy atom. The van der Waals surface area contributed by atoms with Gasteiger partial charge in [0.05, 0.1) is 5.75 Å². The second-order valence-electron chi connectivity index (χ2n) is 5.87. The fraction of sp³-hybridized carbons (Fsp3) is 0.917. The lowest BCUT2D eigenvalue weighted by atomic mass is 10.2. The monoisotopic (exact) mass is 279 g/mol. The van der Waals surface area contributed by atoms with Crippen molar-refractivity contribution in [2.24, 2.45) is 5.92 Å². The molecule has 0 saturated carbocycles. The summed E-state index contributed by atoms with van der Waals surface area (Å²) in [5.41, 5.74) is -0.616. The SMILES string of the molecule is CC(C)CCS(=O)(=O)N[C@H](C)C(=O)OC(C)(C)C. The van der Waals surface area contributed by atoms with E-state index in [0.717, 1.165) is 0 Å². The highest BCUT2D eigenvalue weighted by molar-refractivity contribution is 7.89. The molecule has 0 aliphatic heterocycles. The van der Waals surface area contributed by atoms with Crippen LogP contribution in [-0.2, 0) is 19.6 Å². The molecule has 0 aromatic heterocycles. The van der Waals surface area contributed by atoms with Crippen molar-refractivity contribution in [2.45, 2.75) is 59.6 Å². The van der Waals surface area contributed by atoms with Crippen LogP contribution in [0.1, 0.15) is 48.0 Å². The van der Waals surface area contributed by atoms with Gasteiger partial charge in [0.2, 0.25) is 10.0 Å². The lowest BCUT2D eigenvalue weighted by molar-refractivity contribution is -0.156. The maximum Gasteiger partial charge on any atom is 0.324 e. The second-order valence-corrected chi connectivity index (χ2v) is 7.75. The van der Waals surface area contributed by atoms with Gasteiger partial charge in [-0.1, -0.05) is 13.8 Å². The Balaban J connectivity index is 4.38. The number of ether oxygens (including phenoxy) is 1. The standard InChI is InChI=1S/C12H25NO4S/c1-9(2)7-8-18(15,16)13-10(3)11(14)17-12(4,5)6/h9-10,13H,7-8H2,1-6H3/t10-/m1/s1. The van der Waals surface area contributed by atoms with E-state index in [2.05, 4.69) is 4.72 Å². The minimum atomic E-state index is -3.43. The van der Waals surface area contributed by atoms with E-state index in [9.17, 15) is 13.2 Å². The smallest absolute Gasteiger partial charge is 0.324 e. The zero-order valence-electron chi connectivity index (χ0n) is 12.1. The molecule has 0 aromatic rings. The summed E-state index contributed by atoms with van der Waals surface area (Å²) >= 11 is 0. The van der Waals surface area contributed by atoms with Crippen molar-refractivity contribution in [1.29, 1.82) is 0 Å². The van der Waals surface area contributed by atoms with Crippen LogP contribution in [0.5, 0.6) is 0 Å². The van der Waals surface area contributed by atoms with Gasteiger partial charge in [-0.2, -0.15) is 0 Å². The predicted octanol–water partition coefficient (Wildman–Crippen LogP) is 1.68. The van der Waals surface area contributed by atoms with E-state index in [1.54, 1.807) is 20.8 Å². The molecule has 0 rings (SSSR count). The molecule has 0 radical (unpaired) electrons. The molecule has 1 atom stereocenters. The van der Waals surface area contributed by atoms with Crippen molar-refractivity contribution in [3.8, 4) is 0 Å². The Labute approximate surface area is 110 Å². The molecule has 0 saturated heterocycles. The minimum absolute atomic E-state index is 0.0256. The number of nitrogens with one attached hydrogen (secondary N) is 1. The summed E-state index contributed by atoms with van der Waals surface area (Å²) in [5, 5.41) is 0. The average Bonchev–Trinajstić information content (AvgIpc) is 2.11. The van der Waals surface area contributed by atoms with Crippen LogP contribution in [0.3, 0.4) is 0 Å². The maximum absolute atomic E-state index is 11.7. The van der Waals surface area contributed by atoms with Gasteiger partial charge >= 0.3 is 5.97 Å². The third-order valence-corrected chi connectivity index (χ3v) is 3.57. The highest BCUT2D eigenvalue weighted by Gasteiger charge is 2.25. The Bertz CT molecular complexity index is 368. The summed E-state index contributed by atoms with van der Waals surface area (Å²) in [4.78, 5) is 11.6. The summed E-state index contributed by atoms with van der Waals surface area (Å²) in [7, 11) is -3.43. The molecular weight excluding hydrogens is 254 g/mol. The Morgan fingerprint density at radius 1 is 1.22 bits per heavy atom. The van der Waals surface area contributed by atoms with Gasteiger partial charge in [0.25, 0.3) is 0 Å². The largest absolute Gasteiger partial charge is 0.459 e. The first kappa shape index (κ1) is 17.4. The molecule has 0 aromatic carbocycles. The third kappa shape index (κ3) is 8.47. The Morgan fingerprint density at radius 2 is 1.72 bits per heavy atom. The maximum atomic E-state index is 11.7. The van der Waals surface area contributed by atoms with Gasteiger partial charge in [-0.05, 0) is 40.0 Å². The van der Waals surface area contributed by atoms with Crippen LogP contribution in [0.4, 0.5) is 0 Å². The fourth-order valence-corrected chi connectivity index (χ4v) is 2.69. The van der Waals surface area contributed by atoms with Crippen molar-refractivity contribution >= 4 is 16.0 Å². The molecule has 0 bridgehead atoms. The molecule has 0 heterocycles. The van der Waals surface area contributed by atoms with E-state index < -0.39 is 27.6 Å². The zero-order chi connectivity index (χ0) is 14.6. The van der Waals surface area contributed by atoms with Crippen molar-refractivity contribution in [3.05, 3.63) is 0 Å². The topological polar surface area (TPSA) is 72.5 Å². The van der Waals surface area contributed by atoms with Crippen LogP contribution in [-0.4, -0.2) is 31.8 Å². The van der Waals surface area contributed by atoms with Gasteiger partial charge in [0, 0.05) is 0 Å². The average molecular weight is 279 g/mol. The van der Waals surface area contributed by atoms with Crippen LogP contribution in [0, 0.1) is 5.92 Å². The van der Waals surface area contributed by atoms with Crippen molar-refractivity contribution in [1.82, 2.24) is 4.72 Å². The van der Waals surface area contributed by atoms with E-state index in [-0.39, 0.29) is 5.75 Å². The molecule has 0 fully saturated rings. The number of carbonyl (C=O) groups excluding carboxylic acids is 1. The molecule has 5 nitrogen and oxygen atoms in total. The lowest BCUT2D eigenvalue weighted by Crippen LogP contribution is -2.43. The van der Waals surface area contributed by atoms with E-state index in [1.165, 1.54) is 6.92 Å². The number of rotatable bonds is 6. The molecule has 0 aliphatic rings. The fourth-order valence-electron chi connectivity index (χ4n) is 1.16. The first-order valence-electron chi connectivity index (χ1n) is 6.16. The normalized spacial score (nSPS) is 14.6. The second kappa shape index (κ2) is 6.52. The van der Waals surface area contributed by atoms with E-state index in [4.69, 9.17) is 4.74 Å². The van der Waals surface area contributed by atoms with Gasteiger partial charge < -0.3 is 4.74 Å². The summed E-state index contributed by atoms with van der Waals surface area (Å²) in [6, 6.07) is -0.860. The summed E-state index contributed by atoms with van der Waals surface area (Å²) < 4.78 is 30.8. The number of hydrogen-bond donors (Lipinski definition) is 1. The van der Waals surface area contributed by atoms with E-state index >= 15 is 0 Å². The van der Waals surface area contributed by atoms with E-state index in [1.807, 2.05) is 13.8 Å². The quantitative estimate of drug-likeness (QED) is 0.751. The predicted molar refractivity (Wildman–Crippen MR) is 71.7 cm³/mol. The third-order valence-electron chi connectivity index (χ3n) is 2.08. The minimum Gasteiger partial charge on any atom is -0.459 e. The number of hydrogen-bond acceptors (Lipinski definition) is 4. The summed E-state index contributed by atoms with van der Waals surface area (Å²) in [5.74, 6) is -0.230. The van der Waals surface area contributed by atoms with Crippen molar-refractivity contribution < 1.29 is 17.9 Å². The van der Waals surface area contributed by atoms with Gasteiger partial charge in [0.1, 0.15) is 11.6 Å². The summed E-state index contributed by atoms with van der Waals surface area (Å²) in [6.07, 6.45) is 0.566. The van der Waals surface area contributed by atoms with E-state index in [0.29, 0.717) is 12.3 Å². The van der Waals surface area contributed by atoms with Gasteiger partial charge in [-0.3, -0.25) is 4.79 Å². The first-order chi connectivity index (χ1) is 7.93. The number of carbonyl (C=O) groups is 1. The van der Waals surface area contributed by atoms with Crippen molar-refractivity contribution in [3.63, 3.8) is 0 Å². The highest BCUT2D eigenvalue weighted by atomic mass is 32.2. The van der Waals surface area contributed by atoms with Crippen LogP contribution in [0.25, 0.3) is 0 Å². The lowest BCUT2D eigenvalue weighted by Gasteiger charge is -2.22. The number of esters is 1. The van der Waals surface area contributed by atoms with Crippen LogP contribution in [0.15, 0.2) is 0 Å². The molecule has 18 heavy (non-hydrogen) atoms. The summed E-state index contributed by atoms with van der Waals surface area (Å²) in [6.45, 7) is 10.6. The molecular formula is C12H25NO4S. The Kier molecular flexibility index (Phi) is 6.29.